The monoisotopic (exact) mass is 378 g/mol. The Hall–Kier alpha value is -3.61. The number of methoxy groups -OCH3 is 1. The first kappa shape index (κ1) is 17.8. The SMILES string of the molecule is CNc1nc(-c2cccnc2)nc2c(OC)c(-c3cccc(F)c3F)ccc12. The van der Waals surface area contributed by atoms with Crippen molar-refractivity contribution >= 4 is 16.7 Å². The first-order valence-corrected chi connectivity index (χ1v) is 8.55. The normalized spacial score (nSPS) is 10.9. The third-order valence-electron chi connectivity index (χ3n) is 4.42. The Bertz CT molecular complexity index is 1170. The van der Waals surface area contributed by atoms with Crippen molar-refractivity contribution in [3.05, 3.63) is 66.5 Å². The first-order chi connectivity index (χ1) is 13.6. The minimum atomic E-state index is -0.935. The lowest BCUT2D eigenvalue weighted by Crippen LogP contribution is -2.01. The summed E-state index contributed by atoms with van der Waals surface area (Å²) in [6.07, 6.45) is 3.32. The molecule has 5 nitrogen and oxygen atoms in total. The zero-order chi connectivity index (χ0) is 19.7. The summed E-state index contributed by atoms with van der Waals surface area (Å²) in [4.78, 5) is 13.3. The van der Waals surface area contributed by atoms with Crippen LogP contribution >= 0.6 is 0 Å². The second kappa shape index (κ2) is 7.19. The molecular formula is C21H16F2N4O. The number of anilines is 1. The van der Waals surface area contributed by atoms with Crippen LogP contribution in [0.2, 0.25) is 0 Å². The molecule has 2 aromatic heterocycles. The van der Waals surface area contributed by atoms with Crippen molar-refractivity contribution in [2.24, 2.45) is 0 Å². The quantitative estimate of drug-likeness (QED) is 0.558. The lowest BCUT2D eigenvalue weighted by Gasteiger charge is -2.15. The molecule has 0 atom stereocenters. The molecule has 0 unspecified atom stereocenters. The fourth-order valence-corrected chi connectivity index (χ4v) is 3.12. The maximum absolute atomic E-state index is 14.4. The lowest BCUT2D eigenvalue weighted by atomic mass is 10.0. The van der Waals surface area contributed by atoms with Gasteiger partial charge in [0.15, 0.2) is 23.2 Å². The Balaban J connectivity index is 2.04. The number of hydrogen-bond acceptors (Lipinski definition) is 5. The number of aromatic nitrogens is 3. The van der Waals surface area contributed by atoms with E-state index >= 15 is 0 Å². The van der Waals surface area contributed by atoms with Gasteiger partial charge < -0.3 is 10.1 Å². The van der Waals surface area contributed by atoms with E-state index in [-0.39, 0.29) is 5.56 Å². The molecule has 7 heteroatoms. The van der Waals surface area contributed by atoms with Gasteiger partial charge in [-0.3, -0.25) is 4.98 Å². The van der Waals surface area contributed by atoms with E-state index in [0.717, 1.165) is 11.6 Å². The van der Waals surface area contributed by atoms with E-state index in [1.807, 2.05) is 6.07 Å². The number of nitrogens with zero attached hydrogens (tertiary/aromatic N) is 3. The van der Waals surface area contributed by atoms with E-state index < -0.39 is 11.6 Å². The van der Waals surface area contributed by atoms with Gasteiger partial charge in [0.2, 0.25) is 0 Å². The Morgan fingerprint density at radius 1 is 0.964 bits per heavy atom. The summed E-state index contributed by atoms with van der Waals surface area (Å²) in [5.74, 6) is -0.482. The zero-order valence-electron chi connectivity index (χ0n) is 15.2. The summed E-state index contributed by atoms with van der Waals surface area (Å²) >= 11 is 0. The van der Waals surface area contributed by atoms with E-state index in [2.05, 4.69) is 20.3 Å². The third kappa shape index (κ3) is 2.90. The summed E-state index contributed by atoms with van der Waals surface area (Å²) in [6, 6.07) is 11.1. The summed E-state index contributed by atoms with van der Waals surface area (Å²) in [6.45, 7) is 0. The molecule has 0 aliphatic rings. The molecule has 2 aromatic carbocycles. The van der Waals surface area contributed by atoms with Gasteiger partial charge in [-0.1, -0.05) is 12.1 Å². The number of ether oxygens (including phenoxy) is 1. The highest BCUT2D eigenvalue weighted by Gasteiger charge is 2.19. The van der Waals surface area contributed by atoms with E-state index in [0.29, 0.717) is 33.9 Å². The molecule has 4 aromatic rings. The number of halogens is 2. The smallest absolute Gasteiger partial charge is 0.166 e. The van der Waals surface area contributed by atoms with Crippen molar-refractivity contribution in [1.29, 1.82) is 0 Å². The Labute approximate surface area is 160 Å². The lowest BCUT2D eigenvalue weighted by molar-refractivity contribution is 0.420. The fraction of sp³-hybridized carbons (Fsp3) is 0.0952. The summed E-state index contributed by atoms with van der Waals surface area (Å²) < 4.78 is 33.7. The van der Waals surface area contributed by atoms with Crippen molar-refractivity contribution in [3.63, 3.8) is 0 Å². The van der Waals surface area contributed by atoms with Gasteiger partial charge >= 0.3 is 0 Å². The van der Waals surface area contributed by atoms with Gasteiger partial charge in [0.05, 0.1) is 7.11 Å². The predicted octanol–water partition coefficient (Wildman–Crippen LogP) is 4.69. The number of rotatable bonds is 4. The van der Waals surface area contributed by atoms with Crippen LogP contribution in [0.3, 0.4) is 0 Å². The second-order valence-electron chi connectivity index (χ2n) is 6.03. The van der Waals surface area contributed by atoms with Crippen molar-refractivity contribution in [1.82, 2.24) is 15.0 Å². The van der Waals surface area contributed by atoms with Crippen molar-refractivity contribution < 1.29 is 13.5 Å². The van der Waals surface area contributed by atoms with E-state index in [1.165, 1.54) is 19.2 Å². The molecule has 28 heavy (non-hydrogen) atoms. The highest BCUT2D eigenvalue weighted by atomic mass is 19.2. The van der Waals surface area contributed by atoms with Gasteiger partial charge in [0, 0.05) is 41.5 Å². The number of nitrogens with one attached hydrogen (secondary N) is 1. The molecule has 1 N–H and O–H groups in total. The number of pyridine rings is 1. The molecule has 0 aliphatic carbocycles. The van der Waals surface area contributed by atoms with Gasteiger partial charge in [-0.05, 0) is 30.3 Å². The highest BCUT2D eigenvalue weighted by molar-refractivity contribution is 5.99. The van der Waals surface area contributed by atoms with Crippen LogP contribution in [0.5, 0.6) is 5.75 Å². The van der Waals surface area contributed by atoms with Crippen LogP contribution in [-0.4, -0.2) is 29.1 Å². The van der Waals surface area contributed by atoms with Gasteiger partial charge in [-0.25, -0.2) is 18.7 Å². The molecule has 2 heterocycles. The van der Waals surface area contributed by atoms with Crippen LogP contribution in [0.4, 0.5) is 14.6 Å². The standard InChI is InChI=1S/C21H16F2N4O/c1-24-21-15-9-8-14(13-6-3-7-16(22)17(13)23)19(28-2)18(15)26-20(27-21)12-5-4-10-25-11-12/h3-11H,1-2H3,(H,24,26,27). The topological polar surface area (TPSA) is 59.9 Å². The van der Waals surface area contributed by atoms with Gasteiger partial charge in [0.25, 0.3) is 0 Å². The third-order valence-corrected chi connectivity index (χ3v) is 4.42. The maximum atomic E-state index is 14.4. The van der Waals surface area contributed by atoms with Crippen LogP contribution in [0.25, 0.3) is 33.4 Å². The number of hydrogen-bond donors (Lipinski definition) is 1. The Kier molecular flexibility index (Phi) is 4.57. The van der Waals surface area contributed by atoms with Crippen molar-refractivity contribution in [2.75, 3.05) is 19.5 Å². The maximum Gasteiger partial charge on any atom is 0.166 e. The average Bonchev–Trinajstić information content (AvgIpc) is 2.74. The van der Waals surface area contributed by atoms with Crippen molar-refractivity contribution in [3.8, 4) is 28.3 Å². The molecule has 0 fully saturated rings. The molecular weight excluding hydrogens is 362 g/mol. The first-order valence-electron chi connectivity index (χ1n) is 8.55. The number of benzene rings is 2. The van der Waals surface area contributed by atoms with Crippen LogP contribution in [-0.2, 0) is 0 Å². The molecule has 0 amide bonds. The zero-order valence-corrected chi connectivity index (χ0v) is 15.2. The van der Waals surface area contributed by atoms with Gasteiger partial charge in [-0.2, -0.15) is 0 Å². The molecule has 0 saturated heterocycles. The molecule has 0 spiro atoms. The fourth-order valence-electron chi connectivity index (χ4n) is 3.12. The Morgan fingerprint density at radius 3 is 2.54 bits per heavy atom. The molecule has 140 valence electrons. The predicted molar refractivity (Wildman–Crippen MR) is 104 cm³/mol. The molecule has 0 saturated carbocycles. The van der Waals surface area contributed by atoms with Gasteiger partial charge in [-0.15, -0.1) is 0 Å². The van der Waals surface area contributed by atoms with Crippen LogP contribution in [0.1, 0.15) is 0 Å². The molecule has 0 bridgehead atoms. The summed E-state index contributed by atoms with van der Waals surface area (Å²) in [5.41, 5.74) is 1.73. The molecule has 0 aliphatic heterocycles. The van der Waals surface area contributed by atoms with Crippen LogP contribution in [0.15, 0.2) is 54.9 Å². The highest BCUT2D eigenvalue weighted by Crippen LogP contribution is 2.39. The Morgan fingerprint density at radius 2 is 1.82 bits per heavy atom. The van der Waals surface area contributed by atoms with E-state index in [4.69, 9.17) is 4.74 Å². The van der Waals surface area contributed by atoms with E-state index in [9.17, 15) is 8.78 Å². The number of fused-ring (bicyclic) bond motifs is 1. The molecule has 0 radical (unpaired) electrons. The molecule has 4 rings (SSSR count). The minimum Gasteiger partial charge on any atom is -0.494 e. The van der Waals surface area contributed by atoms with Crippen molar-refractivity contribution in [2.45, 2.75) is 0 Å². The largest absolute Gasteiger partial charge is 0.494 e. The second-order valence-corrected chi connectivity index (χ2v) is 6.03. The van der Waals surface area contributed by atoms with Crippen LogP contribution < -0.4 is 10.1 Å². The van der Waals surface area contributed by atoms with Crippen LogP contribution in [0, 0.1) is 11.6 Å². The summed E-state index contributed by atoms with van der Waals surface area (Å²) in [5, 5.41) is 3.75. The average molecular weight is 378 g/mol. The van der Waals surface area contributed by atoms with Gasteiger partial charge in [0.1, 0.15) is 11.3 Å². The van der Waals surface area contributed by atoms with E-state index in [1.54, 1.807) is 37.6 Å². The summed E-state index contributed by atoms with van der Waals surface area (Å²) in [7, 11) is 3.22. The minimum absolute atomic E-state index is 0.103.